The zero-order valence-electron chi connectivity index (χ0n) is 15.0. The monoisotopic (exact) mass is 356 g/mol. The van der Waals surface area contributed by atoms with Crippen LogP contribution in [0.4, 0.5) is 4.39 Å². The summed E-state index contributed by atoms with van der Waals surface area (Å²) in [5.41, 5.74) is 1.89. The quantitative estimate of drug-likeness (QED) is 0.848. The van der Waals surface area contributed by atoms with E-state index in [1.807, 2.05) is 34.0 Å². The normalized spacial score (nSPS) is 21.3. The van der Waals surface area contributed by atoms with Gasteiger partial charge in [0.15, 0.2) is 0 Å². The Morgan fingerprint density at radius 2 is 2.00 bits per heavy atom. The van der Waals surface area contributed by atoms with Gasteiger partial charge in [0.25, 0.3) is 0 Å². The Labute approximate surface area is 153 Å². The van der Waals surface area contributed by atoms with Crippen molar-refractivity contribution in [1.82, 2.24) is 19.6 Å². The highest BCUT2D eigenvalue weighted by molar-refractivity contribution is 5.79. The summed E-state index contributed by atoms with van der Waals surface area (Å²) in [4.78, 5) is 17.2. The molecule has 1 saturated heterocycles. The van der Waals surface area contributed by atoms with E-state index in [4.69, 9.17) is 0 Å². The molecular formula is C20H25FN4O. The molecule has 4 rings (SSSR count). The minimum Gasteiger partial charge on any atom is -0.341 e. The Morgan fingerprint density at radius 1 is 1.12 bits per heavy atom. The molecule has 0 bridgehead atoms. The standard InChI is InChI=1S/C20H25FN4O/c21-19-5-2-1-4-17(19)15-23-9-3-10-24(13-12-23)20(26)16-7-11-25-18(14-16)6-8-22-25/h1-2,4-6,8,16H,3,7,9-15H2. The van der Waals surface area contributed by atoms with E-state index in [-0.39, 0.29) is 17.6 Å². The lowest BCUT2D eigenvalue weighted by molar-refractivity contribution is -0.136. The summed E-state index contributed by atoms with van der Waals surface area (Å²) in [6.45, 7) is 4.65. The third-order valence-corrected chi connectivity index (χ3v) is 5.55. The summed E-state index contributed by atoms with van der Waals surface area (Å²) in [5, 5.41) is 4.29. The van der Waals surface area contributed by atoms with Crippen molar-refractivity contribution < 1.29 is 9.18 Å². The van der Waals surface area contributed by atoms with Crippen LogP contribution >= 0.6 is 0 Å². The first-order valence-electron chi connectivity index (χ1n) is 9.46. The number of fused-ring (bicyclic) bond motifs is 1. The van der Waals surface area contributed by atoms with Crippen molar-refractivity contribution >= 4 is 5.91 Å². The summed E-state index contributed by atoms with van der Waals surface area (Å²) in [7, 11) is 0. The molecule has 2 aliphatic heterocycles. The Hall–Kier alpha value is -2.21. The molecule has 0 saturated carbocycles. The van der Waals surface area contributed by atoms with E-state index in [2.05, 4.69) is 10.00 Å². The van der Waals surface area contributed by atoms with Gasteiger partial charge in [-0.2, -0.15) is 5.10 Å². The molecule has 5 nitrogen and oxygen atoms in total. The first kappa shape index (κ1) is 17.2. The Bertz CT molecular complexity index is 775. The lowest BCUT2D eigenvalue weighted by atomic mass is 9.94. The van der Waals surface area contributed by atoms with E-state index in [0.29, 0.717) is 6.54 Å². The molecule has 3 heterocycles. The fourth-order valence-electron chi connectivity index (χ4n) is 4.05. The second-order valence-corrected chi connectivity index (χ2v) is 7.28. The molecule has 1 aromatic heterocycles. The largest absolute Gasteiger partial charge is 0.341 e. The molecule has 1 amide bonds. The number of carbonyl (C=O) groups is 1. The molecule has 0 radical (unpaired) electrons. The topological polar surface area (TPSA) is 41.4 Å². The van der Waals surface area contributed by atoms with Crippen molar-refractivity contribution in [1.29, 1.82) is 0 Å². The predicted octanol–water partition coefficient (Wildman–Crippen LogP) is 2.32. The first-order chi connectivity index (χ1) is 12.7. The van der Waals surface area contributed by atoms with Crippen molar-refractivity contribution in [3.63, 3.8) is 0 Å². The molecule has 0 spiro atoms. The van der Waals surface area contributed by atoms with Crippen molar-refractivity contribution in [2.24, 2.45) is 5.92 Å². The second-order valence-electron chi connectivity index (χ2n) is 7.28. The van der Waals surface area contributed by atoms with Crippen molar-refractivity contribution in [3.8, 4) is 0 Å². The van der Waals surface area contributed by atoms with Crippen LogP contribution < -0.4 is 0 Å². The van der Waals surface area contributed by atoms with E-state index in [1.165, 1.54) is 6.07 Å². The van der Waals surface area contributed by atoms with Crippen LogP contribution in [0.5, 0.6) is 0 Å². The van der Waals surface area contributed by atoms with Gasteiger partial charge in [-0.25, -0.2) is 4.39 Å². The number of aryl methyl sites for hydroxylation is 1. The van der Waals surface area contributed by atoms with Gasteiger partial charge in [0, 0.05) is 69.1 Å². The SMILES string of the molecule is O=C(C1CCn2nccc2C1)N1CCCN(Cc2ccccc2F)CC1. The summed E-state index contributed by atoms with van der Waals surface area (Å²) in [5.74, 6) is 0.186. The molecule has 6 heteroatoms. The van der Waals surface area contributed by atoms with Gasteiger partial charge in [0.2, 0.25) is 5.91 Å². The minimum atomic E-state index is -0.150. The number of aromatic nitrogens is 2. The highest BCUT2D eigenvalue weighted by Crippen LogP contribution is 2.22. The Kier molecular flexibility index (Phi) is 5.02. The Morgan fingerprint density at radius 3 is 2.88 bits per heavy atom. The van der Waals surface area contributed by atoms with Crippen LogP contribution in [0.25, 0.3) is 0 Å². The van der Waals surface area contributed by atoms with Gasteiger partial charge in [0.05, 0.1) is 0 Å². The summed E-state index contributed by atoms with van der Waals surface area (Å²) >= 11 is 0. The van der Waals surface area contributed by atoms with Gasteiger partial charge < -0.3 is 4.90 Å². The smallest absolute Gasteiger partial charge is 0.226 e. The number of benzene rings is 1. The fraction of sp³-hybridized carbons (Fsp3) is 0.500. The number of hydrogen-bond acceptors (Lipinski definition) is 3. The third kappa shape index (κ3) is 3.65. The van der Waals surface area contributed by atoms with Gasteiger partial charge in [-0.05, 0) is 25.0 Å². The van der Waals surface area contributed by atoms with Crippen LogP contribution in [-0.2, 0) is 24.3 Å². The number of nitrogens with zero attached hydrogens (tertiary/aromatic N) is 4. The first-order valence-corrected chi connectivity index (χ1v) is 9.46. The van der Waals surface area contributed by atoms with Crippen LogP contribution in [0.3, 0.4) is 0 Å². The molecule has 1 atom stereocenters. The maximum Gasteiger partial charge on any atom is 0.226 e. The van der Waals surface area contributed by atoms with E-state index in [9.17, 15) is 9.18 Å². The summed E-state index contributed by atoms with van der Waals surface area (Å²) in [6, 6.07) is 8.96. The fourth-order valence-corrected chi connectivity index (χ4v) is 4.05. The van der Waals surface area contributed by atoms with Crippen molar-refractivity contribution in [2.45, 2.75) is 32.4 Å². The molecule has 0 aliphatic carbocycles. The van der Waals surface area contributed by atoms with Crippen LogP contribution in [-0.4, -0.2) is 51.7 Å². The maximum atomic E-state index is 13.9. The Balaban J connectivity index is 1.35. The summed E-state index contributed by atoms with van der Waals surface area (Å²) in [6.07, 6.45) is 4.40. The average molecular weight is 356 g/mol. The van der Waals surface area contributed by atoms with Gasteiger partial charge in [-0.15, -0.1) is 0 Å². The number of halogens is 1. The van der Waals surface area contributed by atoms with Gasteiger partial charge in [-0.1, -0.05) is 18.2 Å². The zero-order valence-corrected chi connectivity index (χ0v) is 15.0. The molecule has 26 heavy (non-hydrogen) atoms. The highest BCUT2D eigenvalue weighted by Gasteiger charge is 2.29. The number of hydrogen-bond donors (Lipinski definition) is 0. The molecule has 2 aliphatic rings. The summed E-state index contributed by atoms with van der Waals surface area (Å²) < 4.78 is 15.9. The lowest BCUT2D eigenvalue weighted by Crippen LogP contribution is -2.41. The highest BCUT2D eigenvalue weighted by atomic mass is 19.1. The zero-order chi connectivity index (χ0) is 17.9. The molecular weight excluding hydrogens is 331 g/mol. The third-order valence-electron chi connectivity index (χ3n) is 5.55. The molecule has 1 unspecified atom stereocenters. The predicted molar refractivity (Wildman–Crippen MR) is 96.9 cm³/mol. The average Bonchev–Trinajstić information content (AvgIpc) is 3.01. The molecule has 1 fully saturated rings. The van der Waals surface area contributed by atoms with Gasteiger partial charge in [-0.3, -0.25) is 14.4 Å². The van der Waals surface area contributed by atoms with E-state index >= 15 is 0 Å². The van der Waals surface area contributed by atoms with Crippen LogP contribution in [0.1, 0.15) is 24.1 Å². The van der Waals surface area contributed by atoms with Gasteiger partial charge in [0.1, 0.15) is 5.82 Å². The second kappa shape index (κ2) is 7.58. The molecule has 1 aromatic carbocycles. The minimum absolute atomic E-state index is 0.0670. The van der Waals surface area contributed by atoms with E-state index < -0.39 is 0 Å². The number of carbonyl (C=O) groups excluding carboxylic acids is 1. The maximum absolute atomic E-state index is 13.9. The van der Waals surface area contributed by atoms with Crippen molar-refractivity contribution in [3.05, 3.63) is 53.6 Å². The molecule has 2 aromatic rings. The van der Waals surface area contributed by atoms with Crippen LogP contribution in [0.15, 0.2) is 36.5 Å². The van der Waals surface area contributed by atoms with E-state index in [0.717, 1.165) is 63.2 Å². The van der Waals surface area contributed by atoms with Crippen LogP contribution in [0.2, 0.25) is 0 Å². The molecule has 138 valence electrons. The number of amides is 1. The molecule has 0 N–H and O–H groups in total. The van der Waals surface area contributed by atoms with Gasteiger partial charge >= 0.3 is 0 Å². The van der Waals surface area contributed by atoms with E-state index in [1.54, 1.807) is 6.07 Å². The lowest BCUT2D eigenvalue weighted by Gasteiger charge is -2.29. The number of rotatable bonds is 3. The van der Waals surface area contributed by atoms with Crippen molar-refractivity contribution in [2.75, 3.05) is 26.2 Å². The van der Waals surface area contributed by atoms with Crippen LogP contribution in [0, 0.1) is 11.7 Å².